The standard InChI is InChI=1S/C11H11ClO5S/c1-3-4-18(15,16)9-6-7(12)5-8(11(13)14)10(9)17-2/h3,5-6H,1,4H2,2H3,(H,13,14). The highest BCUT2D eigenvalue weighted by Crippen LogP contribution is 2.32. The number of aromatic carboxylic acids is 1. The molecule has 1 aromatic rings. The first kappa shape index (κ1) is 14.5. The zero-order valence-electron chi connectivity index (χ0n) is 9.51. The molecule has 0 saturated carbocycles. The molecule has 0 aliphatic carbocycles. The van der Waals surface area contributed by atoms with Crippen molar-refractivity contribution in [3.05, 3.63) is 35.4 Å². The van der Waals surface area contributed by atoms with Crippen molar-refractivity contribution in [2.75, 3.05) is 12.9 Å². The Bertz CT molecular complexity index is 592. The first-order valence-electron chi connectivity index (χ1n) is 4.78. The van der Waals surface area contributed by atoms with Gasteiger partial charge in [0.25, 0.3) is 0 Å². The average molecular weight is 291 g/mol. The summed E-state index contributed by atoms with van der Waals surface area (Å²) in [6.07, 6.45) is 1.20. The fraction of sp³-hybridized carbons (Fsp3) is 0.182. The SMILES string of the molecule is C=CCS(=O)(=O)c1cc(Cl)cc(C(=O)O)c1OC. The van der Waals surface area contributed by atoms with Crippen LogP contribution in [-0.2, 0) is 9.84 Å². The Morgan fingerprint density at radius 1 is 1.56 bits per heavy atom. The molecule has 18 heavy (non-hydrogen) atoms. The maximum atomic E-state index is 11.9. The number of hydrogen-bond donors (Lipinski definition) is 1. The van der Waals surface area contributed by atoms with Crippen LogP contribution in [0.3, 0.4) is 0 Å². The molecule has 0 fully saturated rings. The molecule has 1 aromatic carbocycles. The van der Waals surface area contributed by atoms with E-state index in [0.717, 1.165) is 12.1 Å². The summed E-state index contributed by atoms with van der Waals surface area (Å²) in [5.41, 5.74) is -0.298. The van der Waals surface area contributed by atoms with Crippen molar-refractivity contribution in [1.82, 2.24) is 0 Å². The predicted octanol–water partition coefficient (Wildman–Crippen LogP) is 2.01. The largest absolute Gasteiger partial charge is 0.494 e. The van der Waals surface area contributed by atoms with Crippen LogP contribution < -0.4 is 4.74 Å². The highest BCUT2D eigenvalue weighted by molar-refractivity contribution is 7.91. The second kappa shape index (κ2) is 5.41. The summed E-state index contributed by atoms with van der Waals surface area (Å²) in [6.45, 7) is 3.34. The van der Waals surface area contributed by atoms with Crippen LogP contribution in [0.15, 0.2) is 29.7 Å². The van der Waals surface area contributed by atoms with Crippen LogP contribution in [0.4, 0.5) is 0 Å². The van der Waals surface area contributed by atoms with Crippen LogP contribution in [0.2, 0.25) is 5.02 Å². The minimum absolute atomic E-state index is 0.0100. The van der Waals surface area contributed by atoms with Crippen LogP contribution in [0.5, 0.6) is 5.75 Å². The molecule has 0 radical (unpaired) electrons. The number of carbonyl (C=O) groups is 1. The van der Waals surface area contributed by atoms with Crippen LogP contribution in [0.1, 0.15) is 10.4 Å². The van der Waals surface area contributed by atoms with Gasteiger partial charge < -0.3 is 9.84 Å². The van der Waals surface area contributed by atoms with Gasteiger partial charge in [0.05, 0.1) is 12.9 Å². The van der Waals surface area contributed by atoms with E-state index < -0.39 is 15.8 Å². The van der Waals surface area contributed by atoms with E-state index >= 15 is 0 Å². The van der Waals surface area contributed by atoms with Crippen LogP contribution in [0, 0.1) is 0 Å². The third-order valence-electron chi connectivity index (χ3n) is 2.13. The van der Waals surface area contributed by atoms with E-state index in [9.17, 15) is 13.2 Å². The number of carboxylic acid groups (broad SMARTS) is 1. The fourth-order valence-electron chi connectivity index (χ4n) is 1.41. The zero-order valence-corrected chi connectivity index (χ0v) is 11.1. The molecule has 0 amide bonds. The van der Waals surface area contributed by atoms with Gasteiger partial charge in [-0.1, -0.05) is 17.7 Å². The molecule has 0 saturated heterocycles. The van der Waals surface area contributed by atoms with Crippen molar-refractivity contribution in [2.45, 2.75) is 4.90 Å². The molecule has 0 unspecified atom stereocenters. The Labute approximate surface area is 110 Å². The number of sulfone groups is 1. The Hall–Kier alpha value is -1.53. The van der Waals surface area contributed by atoms with Crippen LogP contribution in [-0.4, -0.2) is 32.4 Å². The van der Waals surface area contributed by atoms with Crippen molar-refractivity contribution in [1.29, 1.82) is 0 Å². The number of hydrogen-bond acceptors (Lipinski definition) is 4. The minimum atomic E-state index is -3.72. The van der Waals surface area contributed by atoms with Crippen LogP contribution in [0.25, 0.3) is 0 Å². The Balaban J connectivity index is 3.63. The normalized spacial score (nSPS) is 11.0. The Morgan fingerprint density at radius 3 is 2.61 bits per heavy atom. The highest BCUT2D eigenvalue weighted by Gasteiger charge is 2.24. The number of carboxylic acids is 1. The summed E-state index contributed by atoms with van der Waals surface area (Å²) < 4.78 is 28.7. The fourth-order valence-corrected chi connectivity index (χ4v) is 2.97. The molecular weight excluding hydrogens is 280 g/mol. The average Bonchev–Trinajstić information content (AvgIpc) is 2.27. The molecule has 0 spiro atoms. The van der Waals surface area contributed by atoms with Gasteiger partial charge in [0.15, 0.2) is 15.6 Å². The van der Waals surface area contributed by atoms with Crippen molar-refractivity contribution in [2.24, 2.45) is 0 Å². The van der Waals surface area contributed by atoms with Gasteiger partial charge in [0, 0.05) is 5.02 Å². The number of rotatable bonds is 5. The number of benzene rings is 1. The van der Waals surface area contributed by atoms with E-state index in [4.69, 9.17) is 21.4 Å². The van der Waals surface area contributed by atoms with Gasteiger partial charge in [-0.15, -0.1) is 6.58 Å². The number of ether oxygens (including phenoxy) is 1. The maximum Gasteiger partial charge on any atom is 0.339 e. The van der Waals surface area contributed by atoms with E-state index in [1.54, 1.807) is 0 Å². The summed E-state index contributed by atoms with van der Waals surface area (Å²) in [5, 5.41) is 9.00. The molecule has 5 nitrogen and oxygen atoms in total. The van der Waals surface area contributed by atoms with Crippen molar-refractivity contribution >= 4 is 27.4 Å². The molecule has 0 heterocycles. The molecule has 1 rings (SSSR count). The van der Waals surface area contributed by atoms with E-state index in [1.165, 1.54) is 13.2 Å². The number of methoxy groups -OCH3 is 1. The highest BCUT2D eigenvalue weighted by atomic mass is 35.5. The van der Waals surface area contributed by atoms with Gasteiger partial charge in [-0.25, -0.2) is 13.2 Å². The van der Waals surface area contributed by atoms with Gasteiger partial charge in [0.2, 0.25) is 0 Å². The predicted molar refractivity (Wildman–Crippen MR) is 67.2 cm³/mol. The van der Waals surface area contributed by atoms with Crippen molar-refractivity contribution < 1.29 is 23.1 Å². The summed E-state index contributed by atoms with van der Waals surface area (Å²) in [6, 6.07) is 2.29. The lowest BCUT2D eigenvalue weighted by Gasteiger charge is -2.11. The first-order chi connectivity index (χ1) is 8.33. The topological polar surface area (TPSA) is 80.7 Å². The van der Waals surface area contributed by atoms with E-state index in [-0.39, 0.29) is 27.0 Å². The number of halogens is 1. The van der Waals surface area contributed by atoms with E-state index in [0.29, 0.717) is 0 Å². The van der Waals surface area contributed by atoms with Gasteiger partial charge >= 0.3 is 5.97 Å². The first-order valence-corrected chi connectivity index (χ1v) is 6.81. The minimum Gasteiger partial charge on any atom is -0.494 e. The maximum absolute atomic E-state index is 11.9. The molecular formula is C11H11ClO5S. The summed E-state index contributed by atoms with van der Waals surface area (Å²) in [7, 11) is -2.53. The second-order valence-electron chi connectivity index (χ2n) is 3.36. The van der Waals surface area contributed by atoms with Crippen molar-refractivity contribution in [3.63, 3.8) is 0 Å². The van der Waals surface area contributed by atoms with E-state index in [1.807, 2.05) is 0 Å². The van der Waals surface area contributed by atoms with Crippen molar-refractivity contribution in [3.8, 4) is 5.75 Å². The Morgan fingerprint density at radius 2 is 2.17 bits per heavy atom. The second-order valence-corrected chi connectivity index (χ2v) is 5.80. The summed E-state index contributed by atoms with van der Waals surface area (Å²) in [5.74, 6) is -1.87. The van der Waals surface area contributed by atoms with Gasteiger partial charge in [-0.05, 0) is 12.1 Å². The molecule has 0 aromatic heterocycles. The molecule has 0 atom stereocenters. The third kappa shape index (κ3) is 2.83. The molecule has 0 aliphatic rings. The molecule has 1 N–H and O–H groups in total. The lowest BCUT2D eigenvalue weighted by molar-refractivity contribution is 0.0693. The molecule has 0 bridgehead atoms. The zero-order chi connectivity index (χ0) is 13.9. The smallest absolute Gasteiger partial charge is 0.339 e. The Kier molecular flexibility index (Phi) is 4.37. The van der Waals surface area contributed by atoms with Crippen LogP contribution >= 0.6 is 11.6 Å². The quantitative estimate of drug-likeness (QED) is 0.839. The van der Waals surface area contributed by atoms with E-state index in [2.05, 4.69) is 6.58 Å². The molecule has 98 valence electrons. The third-order valence-corrected chi connectivity index (χ3v) is 3.99. The summed E-state index contributed by atoms with van der Waals surface area (Å²) in [4.78, 5) is 10.8. The van der Waals surface area contributed by atoms with Gasteiger partial charge in [-0.2, -0.15) is 0 Å². The monoisotopic (exact) mass is 290 g/mol. The lowest BCUT2D eigenvalue weighted by atomic mass is 10.2. The van der Waals surface area contributed by atoms with Gasteiger partial charge in [0.1, 0.15) is 10.5 Å². The summed E-state index contributed by atoms with van der Waals surface area (Å²) >= 11 is 5.72. The molecule has 0 aliphatic heterocycles. The lowest BCUT2D eigenvalue weighted by Crippen LogP contribution is -2.10. The molecule has 7 heteroatoms. The van der Waals surface area contributed by atoms with Gasteiger partial charge in [-0.3, -0.25) is 0 Å².